The maximum Gasteiger partial charge on any atom is 0.244 e. The van der Waals surface area contributed by atoms with Crippen LogP contribution in [0.4, 0.5) is 0 Å². The highest BCUT2D eigenvalue weighted by atomic mass is 35.5. The van der Waals surface area contributed by atoms with Gasteiger partial charge in [0.05, 0.1) is 13.7 Å². The molecule has 0 fully saturated rings. The van der Waals surface area contributed by atoms with E-state index in [-0.39, 0.29) is 28.1 Å². The van der Waals surface area contributed by atoms with Crippen LogP contribution in [0.15, 0.2) is 23.1 Å². The molecule has 0 saturated carbocycles. The summed E-state index contributed by atoms with van der Waals surface area (Å²) in [5.41, 5.74) is 0. The zero-order chi connectivity index (χ0) is 15.9. The number of nitrogens with one attached hydrogen (secondary N) is 2. The standard InChI is InChI=1S/C13H19ClN2O4S/c1-3-4-7-15-13(17)9-16-21(18,19)12-8-10(14)5-6-11(12)20-2/h5-6,8,16H,3-4,7,9H2,1-2H3,(H,15,17). The van der Waals surface area contributed by atoms with Gasteiger partial charge >= 0.3 is 0 Å². The second-order valence-corrected chi connectivity index (χ2v) is 6.50. The zero-order valence-corrected chi connectivity index (χ0v) is 13.6. The van der Waals surface area contributed by atoms with Gasteiger partial charge in [-0.1, -0.05) is 24.9 Å². The number of ether oxygens (including phenoxy) is 1. The molecule has 1 aromatic rings. The third kappa shape index (κ3) is 5.53. The molecule has 1 amide bonds. The maximum absolute atomic E-state index is 12.2. The summed E-state index contributed by atoms with van der Waals surface area (Å²) in [7, 11) is -2.51. The summed E-state index contributed by atoms with van der Waals surface area (Å²) in [4.78, 5) is 11.4. The number of hydrogen-bond acceptors (Lipinski definition) is 4. The first kappa shape index (κ1) is 17.7. The van der Waals surface area contributed by atoms with Crippen molar-refractivity contribution in [3.8, 4) is 5.75 Å². The molecule has 1 aromatic carbocycles. The van der Waals surface area contributed by atoms with Crippen molar-refractivity contribution in [3.63, 3.8) is 0 Å². The zero-order valence-electron chi connectivity index (χ0n) is 12.0. The minimum Gasteiger partial charge on any atom is -0.495 e. The number of amides is 1. The van der Waals surface area contributed by atoms with Crippen LogP contribution in [0.5, 0.6) is 5.75 Å². The van der Waals surface area contributed by atoms with Crippen LogP contribution in [0.25, 0.3) is 0 Å². The summed E-state index contributed by atoms with van der Waals surface area (Å²) < 4.78 is 31.6. The topological polar surface area (TPSA) is 84.5 Å². The smallest absolute Gasteiger partial charge is 0.244 e. The van der Waals surface area contributed by atoms with E-state index in [1.807, 2.05) is 6.92 Å². The Kier molecular flexibility index (Phi) is 6.94. The number of carbonyl (C=O) groups excluding carboxylic acids is 1. The number of hydrogen-bond donors (Lipinski definition) is 2. The summed E-state index contributed by atoms with van der Waals surface area (Å²) >= 11 is 5.80. The molecule has 0 aromatic heterocycles. The molecule has 0 aliphatic heterocycles. The molecular weight excluding hydrogens is 316 g/mol. The fourth-order valence-electron chi connectivity index (χ4n) is 1.57. The summed E-state index contributed by atoms with van der Waals surface area (Å²) in [5.74, 6) is -0.216. The van der Waals surface area contributed by atoms with E-state index >= 15 is 0 Å². The molecule has 0 heterocycles. The Bertz CT molecular complexity index is 590. The normalized spacial score (nSPS) is 11.2. The quantitative estimate of drug-likeness (QED) is 0.706. The van der Waals surface area contributed by atoms with Crippen LogP contribution in [-0.4, -0.2) is 34.5 Å². The minimum atomic E-state index is -3.87. The first-order valence-corrected chi connectivity index (χ1v) is 8.36. The largest absolute Gasteiger partial charge is 0.495 e. The van der Waals surface area contributed by atoms with Gasteiger partial charge in [0, 0.05) is 11.6 Å². The van der Waals surface area contributed by atoms with Gasteiger partial charge in [0.15, 0.2) is 0 Å². The van der Waals surface area contributed by atoms with Gasteiger partial charge in [0.2, 0.25) is 15.9 Å². The molecule has 0 spiro atoms. The van der Waals surface area contributed by atoms with E-state index in [1.165, 1.54) is 25.3 Å². The fourth-order valence-corrected chi connectivity index (χ4v) is 2.98. The van der Waals surface area contributed by atoms with E-state index in [2.05, 4.69) is 10.0 Å². The lowest BCUT2D eigenvalue weighted by atomic mass is 10.3. The maximum atomic E-state index is 12.2. The van der Waals surface area contributed by atoms with Crippen LogP contribution in [0.2, 0.25) is 5.02 Å². The van der Waals surface area contributed by atoms with Crippen molar-refractivity contribution in [2.45, 2.75) is 24.7 Å². The molecule has 118 valence electrons. The first-order valence-electron chi connectivity index (χ1n) is 6.50. The van der Waals surface area contributed by atoms with Crippen LogP contribution in [-0.2, 0) is 14.8 Å². The summed E-state index contributed by atoms with van der Waals surface area (Å²) in [6.45, 7) is 2.19. The number of sulfonamides is 1. The molecular formula is C13H19ClN2O4S. The minimum absolute atomic E-state index is 0.0983. The van der Waals surface area contributed by atoms with Crippen molar-refractivity contribution in [1.82, 2.24) is 10.0 Å². The Morgan fingerprint density at radius 1 is 1.38 bits per heavy atom. The second kappa shape index (κ2) is 8.21. The molecule has 6 nitrogen and oxygen atoms in total. The lowest BCUT2D eigenvalue weighted by Crippen LogP contribution is -2.37. The van der Waals surface area contributed by atoms with Crippen LogP contribution in [0, 0.1) is 0 Å². The van der Waals surface area contributed by atoms with Crippen molar-refractivity contribution >= 4 is 27.5 Å². The summed E-state index contributed by atoms with van der Waals surface area (Å²) in [5, 5.41) is 2.89. The van der Waals surface area contributed by atoms with Crippen molar-refractivity contribution < 1.29 is 17.9 Å². The van der Waals surface area contributed by atoms with Gasteiger partial charge in [-0.15, -0.1) is 0 Å². The molecule has 0 bridgehead atoms. The Balaban J connectivity index is 2.74. The first-order chi connectivity index (χ1) is 9.90. The molecule has 2 N–H and O–H groups in total. The highest BCUT2D eigenvalue weighted by molar-refractivity contribution is 7.89. The number of unbranched alkanes of at least 4 members (excludes halogenated alkanes) is 1. The van der Waals surface area contributed by atoms with Crippen LogP contribution in [0.1, 0.15) is 19.8 Å². The summed E-state index contributed by atoms with van der Waals surface area (Å²) in [6.07, 6.45) is 1.80. The molecule has 21 heavy (non-hydrogen) atoms. The van der Waals surface area contributed by atoms with E-state index in [9.17, 15) is 13.2 Å². The molecule has 0 atom stereocenters. The molecule has 0 unspecified atom stereocenters. The van der Waals surface area contributed by atoms with E-state index in [0.29, 0.717) is 6.54 Å². The fraction of sp³-hybridized carbons (Fsp3) is 0.462. The molecule has 0 radical (unpaired) electrons. The number of carbonyl (C=O) groups is 1. The van der Waals surface area contributed by atoms with Gasteiger partial charge in [-0.05, 0) is 24.6 Å². The van der Waals surface area contributed by atoms with E-state index in [4.69, 9.17) is 16.3 Å². The third-order valence-electron chi connectivity index (χ3n) is 2.69. The lowest BCUT2D eigenvalue weighted by molar-refractivity contribution is -0.119. The molecule has 0 saturated heterocycles. The van der Waals surface area contributed by atoms with Crippen LogP contribution < -0.4 is 14.8 Å². The van der Waals surface area contributed by atoms with Crippen molar-refractivity contribution in [1.29, 1.82) is 0 Å². The Morgan fingerprint density at radius 3 is 2.71 bits per heavy atom. The van der Waals surface area contributed by atoms with Crippen molar-refractivity contribution in [2.75, 3.05) is 20.2 Å². The van der Waals surface area contributed by atoms with Gasteiger partial charge in [0.1, 0.15) is 10.6 Å². The Morgan fingerprint density at radius 2 is 2.10 bits per heavy atom. The monoisotopic (exact) mass is 334 g/mol. The molecule has 8 heteroatoms. The number of halogens is 1. The van der Waals surface area contributed by atoms with Gasteiger partial charge in [0.25, 0.3) is 0 Å². The average Bonchev–Trinajstić information content (AvgIpc) is 2.45. The van der Waals surface area contributed by atoms with Gasteiger partial charge < -0.3 is 10.1 Å². The third-order valence-corrected chi connectivity index (χ3v) is 4.35. The number of rotatable bonds is 8. The van der Waals surface area contributed by atoms with Gasteiger partial charge in [-0.2, -0.15) is 0 Å². The van der Waals surface area contributed by atoms with Crippen LogP contribution >= 0.6 is 11.6 Å². The highest BCUT2D eigenvalue weighted by Crippen LogP contribution is 2.26. The average molecular weight is 335 g/mol. The number of benzene rings is 1. The molecule has 0 aliphatic rings. The lowest BCUT2D eigenvalue weighted by Gasteiger charge is -2.11. The van der Waals surface area contributed by atoms with E-state index in [0.717, 1.165) is 12.8 Å². The number of methoxy groups -OCH3 is 1. The second-order valence-electron chi connectivity index (χ2n) is 4.32. The van der Waals surface area contributed by atoms with E-state index < -0.39 is 10.0 Å². The van der Waals surface area contributed by atoms with Gasteiger partial charge in [-0.25, -0.2) is 13.1 Å². The predicted octanol–water partition coefficient (Wildman–Crippen LogP) is 1.54. The van der Waals surface area contributed by atoms with Crippen molar-refractivity contribution in [2.24, 2.45) is 0 Å². The SMILES string of the molecule is CCCCNC(=O)CNS(=O)(=O)c1cc(Cl)ccc1OC. The molecule has 1 rings (SSSR count). The van der Waals surface area contributed by atoms with E-state index in [1.54, 1.807) is 0 Å². The van der Waals surface area contributed by atoms with Crippen molar-refractivity contribution in [3.05, 3.63) is 23.2 Å². The molecule has 0 aliphatic carbocycles. The van der Waals surface area contributed by atoms with Gasteiger partial charge in [-0.3, -0.25) is 4.79 Å². The Hall–Kier alpha value is -1.31. The predicted molar refractivity (Wildman–Crippen MR) is 81.1 cm³/mol. The Labute approximate surface area is 129 Å². The van der Waals surface area contributed by atoms with Crippen LogP contribution in [0.3, 0.4) is 0 Å². The summed E-state index contributed by atoms with van der Waals surface area (Å²) in [6, 6.07) is 4.26. The highest BCUT2D eigenvalue weighted by Gasteiger charge is 2.20.